The van der Waals surface area contributed by atoms with E-state index in [1.165, 1.54) is 11.1 Å². The summed E-state index contributed by atoms with van der Waals surface area (Å²) in [7, 11) is 0. The minimum atomic E-state index is -0.342. The van der Waals surface area contributed by atoms with Gasteiger partial charge in [-0.2, -0.15) is 0 Å². The van der Waals surface area contributed by atoms with Gasteiger partial charge in [0.15, 0.2) is 0 Å². The van der Waals surface area contributed by atoms with Gasteiger partial charge in [0.25, 0.3) is 0 Å². The molecule has 6 unspecified atom stereocenters. The normalized spacial score (nSPS) is 36.6. The number of carbonyl (C=O) groups is 1. The molecule has 4 N–H and O–H groups in total. The minimum absolute atomic E-state index is 0.0297. The molecule has 2 aliphatic heterocycles. The van der Waals surface area contributed by atoms with Gasteiger partial charge in [-0.25, -0.2) is 0 Å². The highest BCUT2D eigenvalue weighted by molar-refractivity contribution is 8.03. The summed E-state index contributed by atoms with van der Waals surface area (Å²) in [6, 6.07) is 8.83. The van der Waals surface area contributed by atoms with E-state index < -0.39 is 0 Å². The van der Waals surface area contributed by atoms with Gasteiger partial charge in [0.05, 0.1) is 11.4 Å². The molecule has 6 atom stereocenters. The number of fused-ring (bicyclic) bond motifs is 3. The third-order valence-corrected chi connectivity index (χ3v) is 7.14. The van der Waals surface area contributed by atoms with Crippen LogP contribution in [0, 0.1) is 11.8 Å². The van der Waals surface area contributed by atoms with Crippen molar-refractivity contribution < 1.29 is 9.90 Å². The monoisotopic (exact) mass is 358 g/mol. The number of benzene rings is 1. The maximum absolute atomic E-state index is 12.4. The molecule has 1 aromatic rings. The van der Waals surface area contributed by atoms with Crippen LogP contribution >= 0.6 is 11.8 Å². The van der Waals surface area contributed by atoms with Crippen molar-refractivity contribution in [3.8, 4) is 0 Å². The van der Waals surface area contributed by atoms with E-state index in [0.29, 0.717) is 6.54 Å². The number of aliphatic hydroxyl groups excluding tert-OH is 1. The van der Waals surface area contributed by atoms with E-state index in [9.17, 15) is 9.90 Å². The van der Waals surface area contributed by atoms with E-state index >= 15 is 0 Å². The van der Waals surface area contributed by atoms with Crippen LogP contribution in [-0.2, 0) is 11.2 Å². The highest BCUT2D eigenvalue weighted by Gasteiger charge is 2.51. The lowest BCUT2D eigenvalue weighted by molar-refractivity contribution is -0.126. The van der Waals surface area contributed by atoms with E-state index in [0.717, 1.165) is 25.7 Å². The van der Waals surface area contributed by atoms with Crippen LogP contribution in [0.3, 0.4) is 0 Å². The SMILES string of the molecule is NCCCc1ccc(C2C(O)CCC3NC(=O)C4SC=CC4C32)cc1. The number of thioether (sulfide) groups is 1. The maximum atomic E-state index is 12.4. The molecule has 0 bridgehead atoms. The number of hydrogen-bond donors (Lipinski definition) is 3. The largest absolute Gasteiger partial charge is 0.392 e. The van der Waals surface area contributed by atoms with Gasteiger partial charge < -0.3 is 16.2 Å². The number of nitrogens with one attached hydrogen (secondary N) is 1. The van der Waals surface area contributed by atoms with Crippen molar-refractivity contribution in [2.75, 3.05) is 6.54 Å². The highest BCUT2D eigenvalue weighted by Crippen LogP contribution is 2.50. The van der Waals surface area contributed by atoms with Gasteiger partial charge >= 0.3 is 0 Å². The van der Waals surface area contributed by atoms with Gasteiger partial charge in [0.2, 0.25) is 5.91 Å². The standard InChI is InChI=1S/C20H26N2O2S/c21-10-1-2-12-3-5-13(6-4-12)17-16(23)8-7-15-18(17)14-9-11-25-19(14)20(24)22-15/h3-6,9,11,14-19,23H,1-2,7-8,10,21H2,(H,22,24). The van der Waals surface area contributed by atoms with E-state index in [1.54, 1.807) is 11.8 Å². The zero-order chi connectivity index (χ0) is 17.4. The smallest absolute Gasteiger partial charge is 0.234 e. The number of amides is 1. The first-order valence-corrected chi connectivity index (χ1v) is 10.2. The molecule has 1 amide bonds. The highest BCUT2D eigenvalue weighted by atomic mass is 32.2. The molecule has 3 aliphatic rings. The number of aryl methyl sites for hydroxylation is 1. The Morgan fingerprint density at radius 3 is 2.80 bits per heavy atom. The predicted molar refractivity (Wildman–Crippen MR) is 101 cm³/mol. The van der Waals surface area contributed by atoms with Crippen LogP contribution < -0.4 is 11.1 Å². The molecule has 25 heavy (non-hydrogen) atoms. The lowest BCUT2D eigenvalue weighted by atomic mass is 9.63. The number of carbonyl (C=O) groups excluding carboxylic acids is 1. The van der Waals surface area contributed by atoms with Crippen LogP contribution in [0.2, 0.25) is 0 Å². The summed E-state index contributed by atoms with van der Waals surface area (Å²) in [5.74, 6) is 0.737. The first-order valence-electron chi connectivity index (χ1n) is 9.28. The number of hydrogen-bond acceptors (Lipinski definition) is 4. The molecule has 4 nitrogen and oxygen atoms in total. The van der Waals surface area contributed by atoms with Crippen molar-refractivity contribution in [1.29, 1.82) is 0 Å². The van der Waals surface area contributed by atoms with Crippen LogP contribution in [0.5, 0.6) is 0 Å². The van der Waals surface area contributed by atoms with Crippen molar-refractivity contribution >= 4 is 17.7 Å². The average molecular weight is 359 g/mol. The molecule has 0 radical (unpaired) electrons. The Labute approximate surface area is 153 Å². The maximum Gasteiger partial charge on any atom is 0.234 e. The zero-order valence-electron chi connectivity index (χ0n) is 14.3. The third-order valence-electron chi connectivity index (χ3n) is 6.01. The molecule has 1 saturated carbocycles. The van der Waals surface area contributed by atoms with E-state index in [-0.39, 0.29) is 41.1 Å². The predicted octanol–water partition coefficient (Wildman–Crippen LogP) is 2.18. The summed E-state index contributed by atoms with van der Waals surface area (Å²) in [5.41, 5.74) is 8.09. The first-order chi connectivity index (χ1) is 12.2. The van der Waals surface area contributed by atoms with Crippen molar-refractivity contribution in [3.05, 3.63) is 46.9 Å². The Morgan fingerprint density at radius 1 is 1.24 bits per heavy atom. The Bertz CT molecular complexity index is 660. The summed E-state index contributed by atoms with van der Waals surface area (Å²) in [6.45, 7) is 0.708. The second-order valence-corrected chi connectivity index (χ2v) is 8.51. The molecule has 1 aromatic carbocycles. The van der Waals surface area contributed by atoms with Crippen LogP contribution in [0.25, 0.3) is 0 Å². The number of rotatable bonds is 4. The molecule has 4 rings (SSSR count). The second-order valence-electron chi connectivity index (χ2n) is 7.46. The zero-order valence-corrected chi connectivity index (χ0v) is 15.1. The summed E-state index contributed by atoms with van der Waals surface area (Å²) in [5, 5.41) is 16.1. The molecule has 0 spiro atoms. The van der Waals surface area contributed by atoms with Crippen LogP contribution in [0.15, 0.2) is 35.7 Å². The Hall–Kier alpha value is -1.30. The Morgan fingerprint density at radius 2 is 2.04 bits per heavy atom. The lowest BCUT2D eigenvalue weighted by Gasteiger charge is -2.48. The van der Waals surface area contributed by atoms with E-state index in [4.69, 9.17) is 5.73 Å². The van der Waals surface area contributed by atoms with Crippen molar-refractivity contribution in [2.45, 2.75) is 49.0 Å². The number of piperidine rings is 1. The average Bonchev–Trinajstić information content (AvgIpc) is 3.12. The molecule has 1 saturated heterocycles. The molecule has 2 fully saturated rings. The van der Waals surface area contributed by atoms with E-state index in [2.05, 4.69) is 41.1 Å². The number of nitrogens with two attached hydrogens (primary N) is 1. The lowest BCUT2D eigenvalue weighted by Crippen LogP contribution is -2.59. The van der Waals surface area contributed by atoms with Crippen molar-refractivity contribution in [3.63, 3.8) is 0 Å². The molecule has 0 aromatic heterocycles. The molecule has 5 heteroatoms. The van der Waals surface area contributed by atoms with Gasteiger partial charge in [-0.05, 0) is 54.7 Å². The van der Waals surface area contributed by atoms with Gasteiger partial charge in [-0.3, -0.25) is 4.79 Å². The van der Waals surface area contributed by atoms with Crippen molar-refractivity contribution in [2.24, 2.45) is 17.6 Å². The van der Waals surface area contributed by atoms with Gasteiger partial charge in [0.1, 0.15) is 0 Å². The summed E-state index contributed by atoms with van der Waals surface area (Å²) in [6.07, 6.45) is 5.45. The molecule has 134 valence electrons. The topological polar surface area (TPSA) is 75.3 Å². The number of allylic oxidation sites excluding steroid dienone is 1. The summed E-state index contributed by atoms with van der Waals surface area (Å²) in [4.78, 5) is 12.4. The minimum Gasteiger partial charge on any atom is -0.392 e. The first kappa shape index (κ1) is 17.1. The third kappa shape index (κ3) is 3.14. The molecule has 1 aliphatic carbocycles. The summed E-state index contributed by atoms with van der Waals surface area (Å²) >= 11 is 1.61. The van der Waals surface area contributed by atoms with Crippen LogP contribution in [0.1, 0.15) is 36.3 Å². The quantitative estimate of drug-likeness (QED) is 0.771. The molecule has 2 heterocycles. The number of aliphatic hydroxyl groups is 1. The molecular formula is C20H26N2O2S. The van der Waals surface area contributed by atoms with Gasteiger partial charge in [0, 0.05) is 17.9 Å². The fourth-order valence-electron chi connectivity index (χ4n) is 4.81. The van der Waals surface area contributed by atoms with Crippen LogP contribution in [0.4, 0.5) is 0 Å². The Balaban J connectivity index is 1.62. The van der Waals surface area contributed by atoms with Crippen molar-refractivity contribution in [1.82, 2.24) is 5.32 Å². The summed E-state index contributed by atoms with van der Waals surface area (Å²) < 4.78 is 0. The molecular weight excluding hydrogens is 332 g/mol. The fourth-order valence-corrected chi connectivity index (χ4v) is 5.89. The fraction of sp³-hybridized carbons (Fsp3) is 0.550. The Kier molecular flexibility index (Phi) is 4.89. The van der Waals surface area contributed by atoms with Gasteiger partial charge in [-0.1, -0.05) is 30.3 Å². The van der Waals surface area contributed by atoms with E-state index in [1.807, 2.05) is 0 Å². The second kappa shape index (κ2) is 7.14. The van der Waals surface area contributed by atoms with Gasteiger partial charge in [-0.15, -0.1) is 11.8 Å². The van der Waals surface area contributed by atoms with Crippen LogP contribution in [-0.4, -0.2) is 35.0 Å².